The van der Waals surface area contributed by atoms with Crippen molar-refractivity contribution in [2.24, 2.45) is 0 Å². The molecular formula is C10H13N3O2. The van der Waals surface area contributed by atoms with E-state index in [9.17, 15) is 4.79 Å². The van der Waals surface area contributed by atoms with E-state index in [0.29, 0.717) is 13.0 Å². The first-order valence-electron chi connectivity index (χ1n) is 4.82. The molecule has 0 bridgehead atoms. The van der Waals surface area contributed by atoms with Gasteiger partial charge in [0.25, 0.3) is 0 Å². The summed E-state index contributed by atoms with van der Waals surface area (Å²) in [6, 6.07) is 3.35. The molecule has 1 aliphatic rings. The number of carbonyl (C=O) groups excluding carboxylic acids is 1. The Bertz CT molecular complexity index is 367. The lowest BCUT2D eigenvalue weighted by atomic mass is 10.1. The number of ether oxygens (including phenoxy) is 1. The van der Waals surface area contributed by atoms with E-state index in [1.54, 1.807) is 19.4 Å². The number of pyridine rings is 1. The van der Waals surface area contributed by atoms with E-state index in [1.165, 1.54) is 0 Å². The summed E-state index contributed by atoms with van der Waals surface area (Å²) in [7, 11) is 1.62. The highest BCUT2D eigenvalue weighted by Gasteiger charge is 2.25. The molecule has 2 rings (SSSR count). The minimum Gasteiger partial charge on any atom is -0.385 e. The maximum atomic E-state index is 11.6. The van der Waals surface area contributed by atoms with Crippen molar-refractivity contribution in [1.82, 2.24) is 4.98 Å². The zero-order chi connectivity index (χ0) is 10.7. The average Bonchev–Trinajstić information content (AvgIpc) is 2.26. The highest BCUT2D eigenvalue weighted by molar-refractivity contribution is 6.02. The first-order chi connectivity index (χ1) is 7.31. The van der Waals surface area contributed by atoms with E-state index < -0.39 is 0 Å². The van der Waals surface area contributed by atoms with Crippen molar-refractivity contribution in [2.75, 3.05) is 24.4 Å². The van der Waals surface area contributed by atoms with Crippen LogP contribution >= 0.6 is 0 Å². The van der Waals surface area contributed by atoms with Crippen LogP contribution in [0.2, 0.25) is 0 Å². The Morgan fingerprint density at radius 2 is 2.47 bits per heavy atom. The molecule has 0 saturated heterocycles. The van der Waals surface area contributed by atoms with Crippen molar-refractivity contribution in [1.29, 1.82) is 0 Å². The number of nitrogens with zero attached hydrogens (tertiary/aromatic N) is 1. The fourth-order valence-electron chi connectivity index (χ4n) is 1.51. The first kappa shape index (κ1) is 9.92. The number of carbonyl (C=O) groups is 1. The monoisotopic (exact) mass is 207 g/mol. The van der Waals surface area contributed by atoms with Crippen molar-refractivity contribution < 1.29 is 9.53 Å². The molecule has 2 heterocycles. The van der Waals surface area contributed by atoms with Crippen LogP contribution in [0.5, 0.6) is 0 Å². The number of methoxy groups -OCH3 is 1. The molecule has 1 aliphatic heterocycles. The van der Waals surface area contributed by atoms with Gasteiger partial charge < -0.3 is 15.4 Å². The highest BCUT2D eigenvalue weighted by atomic mass is 16.5. The van der Waals surface area contributed by atoms with E-state index in [4.69, 9.17) is 4.74 Å². The minimum atomic E-state index is -0.257. The van der Waals surface area contributed by atoms with E-state index >= 15 is 0 Å². The molecule has 1 aromatic rings. The third-order valence-corrected chi connectivity index (χ3v) is 2.30. The molecule has 5 heteroatoms. The third kappa shape index (κ3) is 2.07. The summed E-state index contributed by atoms with van der Waals surface area (Å²) in [6.45, 7) is 0.549. The molecule has 0 saturated carbocycles. The molecule has 2 N–H and O–H groups in total. The lowest BCUT2D eigenvalue weighted by Gasteiger charge is -2.25. The topological polar surface area (TPSA) is 63.2 Å². The fourth-order valence-corrected chi connectivity index (χ4v) is 1.51. The van der Waals surface area contributed by atoms with Gasteiger partial charge in [-0.05, 0) is 18.6 Å². The fraction of sp³-hybridized carbons (Fsp3) is 0.400. The quantitative estimate of drug-likeness (QED) is 0.771. The number of fused-ring (bicyclic) bond motifs is 1. The average molecular weight is 207 g/mol. The van der Waals surface area contributed by atoms with Gasteiger partial charge in [0.2, 0.25) is 5.91 Å². The molecular weight excluding hydrogens is 194 g/mol. The van der Waals surface area contributed by atoms with Crippen LogP contribution in [-0.2, 0) is 9.53 Å². The predicted octanol–water partition coefficient (Wildman–Crippen LogP) is 0.851. The van der Waals surface area contributed by atoms with Crippen molar-refractivity contribution in [2.45, 2.75) is 12.5 Å². The number of anilines is 2. The van der Waals surface area contributed by atoms with E-state index in [2.05, 4.69) is 15.6 Å². The van der Waals surface area contributed by atoms with E-state index in [1.807, 2.05) is 6.07 Å². The highest BCUT2D eigenvalue weighted by Crippen LogP contribution is 2.23. The van der Waals surface area contributed by atoms with Crippen LogP contribution in [0.4, 0.5) is 11.5 Å². The maximum Gasteiger partial charge on any atom is 0.247 e. The molecule has 1 amide bonds. The number of hydrogen-bond donors (Lipinski definition) is 2. The normalized spacial score (nSPS) is 19.0. The van der Waals surface area contributed by atoms with Gasteiger partial charge in [-0.15, -0.1) is 0 Å². The Balaban J connectivity index is 2.11. The van der Waals surface area contributed by atoms with Gasteiger partial charge >= 0.3 is 0 Å². The molecule has 0 aromatic carbocycles. The summed E-state index contributed by atoms with van der Waals surface area (Å²) in [6.07, 6.45) is 2.33. The first-order valence-corrected chi connectivity index (χ1v) is 4.82. The Kier molecular flexibility index (Phi) is 2.82. The Morgan fingerprint density at radius 1 is 1.60 bits per heavy atom. The molecule has 5 nitrogen and oxygen atoms in total. The van der Waals surface area contributed by atoms with Crippen LogP contribution in [-0.4, -0.2) is 30.6 Å². The summed E-state index contributed by atoms with van der Waals surface area (Å²) >= 11 is 0. The van der Waals surface area contributed by atoms with Crippen LogP contribution in [0.25, 0.3) is 0 Å². The van der Waals surface area contributed by atoms with Gasteiger partial charge in [-0.1, -0.05) is 0 Å². The number of aromatic nitrogens is 1. The van der Waals surface area contributed by atoms with Crippen LogP contribution in [0.3, 0.4) is 0 Å². The van der Waals surface area contributed by atoms with Gasteiger partial charge in [-0.25, -0.2) is 4.98 Å². The van der Waals surface area contributed by atoms with Gasteiger partial charge in [-0.3, -0.25) is 4.79 Å². The summed E-state index contributed by atoms with van der Waals surface area (Å²) in [5.41, 5.74) is 0.733. The smallest absolute Gasteiger partial charge is 0.247 e. The number of nitrogens with one attached hydrogen (secondary N) is 2. The zero-order valence-electron chi connectivity index (χ0n) is 8.49. The number of hydrogen-bond acceptors (Lipinski definition) is 4. The summed E-state index contributed by atoms with van der Waals surface area (Å²) in [4.78, 5) is 15.8. The molecule has 15 heavy (non-hydrogen) atoms. The Hall–Kier alpha value is -1.62. The molecule has 0 spiro atoms. The SMILES string of the molecule is COCCC1Nc2ncccc2NC1=O. The van der Waals surface area contributed by atoms with Crippen molar-refractivity contribution in [3.63, 3.8) is 0 Å². The molecule has 1 unspecified atom stereocenters. The second-order valence-electron chi connectivity index (χ2n) is 3.37. The lowest BCUT2D eigenvalue weighted by molar-refractivity contribution is -0.117. The molecule has 0 fully saturated rings. The Labute approximate surface area is 87.8 Å². The predicted molar refractivity (Wildman–Crippen MR) is 56.8 cm³/mol. The maximum absolute atomic E-state index is 11.6. The van der Waals surface area contributed by atoms with Crippen LogP contribution < -0.4 is 10.6 Å². The van der Waals surface area contributed by atoms with Crippen molar-refractivity contribution in [3.8, 4) is 0 Å². The van der Waals surface area contributed by atoms with Gasteiger partial charge in [0.1, 0.15) is 11.9 Å². The van der Waals surface area contributed by atoms with Gasteiger partial charge in [0.05, 0.1) is 5.69 Å². The summed E-state index contributed by atoms with van der Waals surface area (Å²) in [5, 5.41) is 5.88. The summed E-state index contributed by atoms with van der Waals surface area (Å²) < 4.78 is 4.94. The van der Waals surface area contributed by atoms with Gasteiger partial charge in [-0.2, -0.15) is 0 Å². The minimum absolute atomic E-state index is 0.0347. The van der Waals surface area contributed by atoms with Gasteiger partial charge in [0.15, 0.2) is 0 Å². The third-order valence-electron chi connectivity index (χ3n) is 2.30. The van der Waals surface area contributed by atoms with E-state index in [0.717, 1.165) is 11.5 Å². The largest absolute Gasteiger partial charge is 0.385 e. The molecule has 80 valence electrons. The van der Waals surface area contributed by atoms with Crippen LogP contribution in [0, 0.1) is 0 Å². The molecule has 0 radical (unpaired) electrons. The van der Waals surface area contributed by atoms with Crippen molar-refractivity contribution >= 4 is 17.4 Å². The standard InChI is InChI=1S/C10H13N3O2/c1-15-6-4-8-10(14)13-7-3-2-5-11-9(7)12-8/h2-3,5,8H,4,6H2,1H3,(H,11,12)(H,13,14). The van der Waals surface area contributed by atoms with Crippen LogP contribution in [0.1, 0.15) is 6.42 Å². The van der Waals surface area contributed by atoms with E-state index in [-0.39, 0.29) is 11.9 Å². The second-order valence-corrected chi connectivity index (χ2v) is 3.37. The van der Waals surface area contributed by atoms with Crippen molar-refractivity contribution in [3.05, 3.63) is 18.3 Å². The Morgan fingerprint density at radius 3 is 3.27 bits per heavy atom. The second kappa shape index (κ2) is 4.27. The number of rotatable bonds is 3. The molecule has 0 aliphatic carbocycles. The molecule has 1 atom stereocenters. The van der Waals surface area contributed by atoms with Crippen LogP contribution in [0.15, 0.2) is 18.3 Å². The summed E-state index contributed by atoms with van der Waals surface area (Å²) in [5.74, 6) is 0.686. The zero-order valence-corrected chi connectivity index (χ0v) is 8.49. The van der Waals surface area contributed by atoms with Gasteiger partial charge in [0, 0.05) is 19.9 Å². The number of amides is 1. The molecule has 1 aromatic heterocycles. The lowest BCUT2D eigenvalue weighted by Crippen LogP contribution is -2.39.